The number of ether oxygens (including phenoxy) is 3. The van der Waals surface area contributed by atoms with Gasteiger partial charge in [0.25, 0.3) is 0 Å². The smallest absolute Gasteiger partial charge is 0.408 e. The van der Waals surface area contributed by atoms with E-state index in [1.54, 1.807) is 12.2 Å². The van der Waals surface area contributed by atoms with E-state index in [0.717, 1.165) is 29.5 Å². The fourth-order valence-corrected chi connectivity index (χ4v) is 6.34. The molecule has 1 heterocycles. The Hall–Kier alpha value is -5.16. The predicted molar refractivity (Wildman–Crippen MR) is 190 cm³/mol. The highest BCUT2D eigenvalue weighted by atomic mass is 16.6. The summed E-state index contributed by atoms with van der Waals surface area (Å²) in [4.78, 5) is 52.8. The first-order valence-corrected chi connectivity index (χ1v) is 17.6. The third-order valence-corrected chi connectivity index (χ3v) is 9.25. The van der Waals surface area contributed by atoms with Crippen LogP contribution in [0.1, 0.15) is 61.6 Å². The minimum absolute atomic E-state index is 0.0375. The first kappa shape index (κ1) is 37.1. The van der Waals surface area contributed by atoms with Gasteiger partial charge in [-0.1, -0.05) is 97.8 Å². The molecule has 3 unspecified atom stereocenters. The van der Waals surface area contributed by atoms with Gasteiger partial charge in [-0.05, 0) is 60.9 Å². The Kier molecular flexibility index (Phi) is 13.6. The molecule has 0 saturated heterocycles. The van der Waals surface area contributed by atoms with Crippen LogP contribution in [-0.2, 0) is 43.5 Å². The molecule has 3 aromatic carbocycles. The lowest BCUT2D eigenvalue weighted by Crippen LogP contribution is -2.51. The number of cyclic esters (lactones) is 1. The van der Waals surface area contributed by atoms with E-state index in [0.29, 0.717) is 31.6 Å². The quantitative estimate of drug-likeness (QED) is 0.154. The number of allylic oxidation sites excluding steroid dienone is 1. The van der Waals surface area contributed by atoms with Crippen LogP contribution in [0.5, 0.6) is 5.75 Å². The molecule has 3 amide bonds. The molecular weight excluding hydrogens is 650 g/mol. The Labute approximate surface area is 298 Å². The number of nitrogens with one attached hydrogen (secondary N) is 3. The number of hydrogen-bond donors (Lipinski definition) is 4. The van der Waals surface area contributed by atoms with Crippen LogP contribution in [0.3, 0.4) is 0 Å². The normalized spacial score (nSPS) is 20.5. The van der Waals surface area contributed by atoms with E-state index in [9.17, 15) is 24.3 Å². The van der Waals surface area contributed by atoms with Gasteiger partial charge in [-0.15, -0.1) is 0 Å². The van der Waals surface area contributed by atoms with Crippen LogP contribution in [0.25, 0.3) is 0 Å². The molecule has 3 atom stereocenters. The maximum Gasteiger partial charge on any atom is 0.408 e. The van der Waals surface area contributed by atoms with E-state index in [-0.39, 0.29) is 50.9 Å². The maximum atomic E-state index is 13.7. The number of hydrogen-bond acceptors (Lipinski definition) is 8. The second kappa shape index (κ2) is 18.7. The summed E-state index contributed by atoms with van der Waals surface area (Å²) in [6.45, 7) is 0.147. The highest BCUT2D eigenvalue weighted by Gasteiger charge is 2.36. The largest absolute Gasteiger partial charge is 0.489 e. The topological polar surface area (TPSA) is 152 Å². The van der Waals surface area contributed by atoms with Crippen LogP contribution in [0.15, 0.2) is 97.1 Å². The highest BCUT2D eigenvalue weighted by Crippen LogP contribution is 2.29. The summed E-state index contributed by atoms with van der Waals surface area (Å²) < 4.78 is 16.9. The lowest BCUT2D eigenvalue weighted by atomic mass is 9.95. The maximum absolute atomic E-state index is 13.7. The van der Waals surface area contributed by atoms with Crippen molar-refractivity contribution in [3.8, 4) is 5.75 Å². The molecular formula is C40H47N3O8. The van der Waals surface area contributed by atoms with E-state index in [2.05, 4.69) is 16.0 Å². The molecule has 1 aliphatic heterocycles. The standard InChI is InChI=1S/C40H47N3O8/c44-28-40(21-9-10-22-40)43-36(45)24-32-15-7-8-16-35(42-39(48)51-26-31-13-5-2-6-14-31)38(47)50-27-33(41-37(32)46)23-29-17-19-34(20-18-29)49-25-30-11-3-1-4-12-30/h1-8,11-14,17-20,32-33,35,44H,9-10,15-16,21-28H2,(H,41,46)(H,42,48)(H,43,45). The van der Waals surface area contributed by atoms with Crippen LogP contribution in [0, 0.1) is 5.92 Å². The molecule has 2 aliphatic rings. The van der Waals surface area contributed by atoms with Crippen LogP contribution >= 0.6 is 0 Å². The van der Waals surface area contributed by atoms with Crippen molar-refractivity contribution in [2.24, 2.45) is 5.92 Å². The Bertz CT molecular complexity index is 1610. The van der Waals surface area contributed by atoms with Crippen molar-refractivity contribution in [1.29, 1.82) is 0 Å². The number of rotatable bonds is 12. The van der Waals surface area contributed by atoms with Crippen molar-refractivity contribution in [3.05, 3.63) is 114 Å². The number of aliphatic hydroxyl groups excluding tert-OH is 1. The lowest BCUT2D eigenvalue weighted by molar-refractivity contribution is -0.147. The van der Waals surface area contributed by atoms with E-state index in [4.69, 9.17) is 14.2 Å². The Morgan fingerprint density at radius 3 is 2.16 bits per heavy atom. The SMILES string of the molecule is O=C(CC1CC=CCC(NC(=O)OCc2ccccc2)C(=O)OCC(Cc2ccc(OCc3ccccc3)cc2)NC1=O)NC1(CO)CCCC1. The average Bonchev–Trinajstić information content (AvgIpc) is 3.62. The van der Waals surface area contributed by atoms with Crippen LogP contribution in [0.2, 0.25) is 0 Å². The molecule has 11 nitrogen and oxygen atoms in total. The Balaban J connectivity index is 1.27. The van der Waals surface area contributed by atoms with Gasteiger partial charge >= 0.3 is 12.1 Å². The predicted octanol–water partition coefficient (Wildman–Crippen LogP) is 4.91. The van der Waals surface area contributed by atoms with Crippen molar-refractivity contribution >= 4 is 23.9 Å². The van der Waals surface area contributed by atoms with Crippen molar-refractivity contribution in [2.75, 3.05) is 13.2 Å². The number of benzene rings is 3. The summed E-state index contributed by atoms with van der Waals surface area (Å²) in [7, 11) is 0. The fourth-order valence-electron chi connectivity index (χ4n) is 6.34. The number of aliphatic hydroxyl groups is 1. The number of carbonyl (C=O) groups is 4. The summed E-state index contributed by atoms with van der Waals surface area (Å²) in [6, 6.07) is 24.8. The van der Waals surface area contributed by atoms with Gasteiger partial charge in [-0.2, -0.15) is 0 Å². The number of alkyl carbamates (subject to hydrolysis) is 1. The van der Waals surface area contributed by atoms with Gasteiger partial charge < -0.3 is 35.3 Å². The van der Waals surface area contributed by atoms with Crippen molar-refractivity contribution in [3.63, 3.8) is 0 Å². The molecule has 51 heavy (non-hydrogen) atoms. The average molecular weight is 698 g/mol. The van der Waals surface area contributed by atoms with Crippen molar-refractivity contribution < 1.29 is 38.5 Å². The molecule has 3 aromatic rings. The Morgan fingerprint density at radius 1 is 0.843 bits per heavy atom. The first-order valence-electron chi connectivity index (χ1n) is 17.6. The number of esters is 1. The zero-order valence-electron chi connectivity index (χ0n) is 28.8. The molecule has 0 bridgehead atoms. The van der Waals surface area contributed by atoms with Gasteiger partial charge in [0.1, 0.15) is 31.6 Å². The molecule has 0 radical (unpaired) electrons. The van der Waals surface area contributed by atoms with Crippen LogP contribution in [-0.4, -0.2) is 59.8 Å². The van der Waals surface area contributed by atoms with Crippen molar-refractivity contribution in [2.45, 2.75) is 82.2 Å². The molecule has 11 heteroatoms. The van der Waals surface area contributed by atoms with E-state index in [1.165, 1.54) is 0 Å². The third kappa shape index (κ3) is 11.7. The van der Waals surface area contributed by atoms with E-state index >= 15 is 0 Å². The van der Waals surface area contributed by atoms with E-state index < -0.39 is 35.6 Å². The summed E-state index contributed by atoms with van der Waals surface area (Å²) in [5.74, 6) is -1.34. The zero-order valence-corrected chi connectivity index (χ0v) is 28.8. The second-order valence-corrected chi connectivity index (χ2v) is 13.3. The van der Waals surface area contributed by atoms with Gasteiger partial charge in [0, 0.05) is 6.42 Å². The molecule has 1 fully saturated rings. The lowest BCUT2D eigenvalue weighted by Gasteiger charge is -2.29. The molecule has 0 aromatic heterocycles. The number of carbonyl (C=O) groups excluding carboxylic acids is 4. The molecule has 0 spiro atoms. The summed E-state index contributed by atoms with van der Waals surface area (Å²) in [6.07, 6.45) is 6.46. The second-order valence-electron chi connectivity index (χ2n) is 13.3. The zero-order chi connectivity index (χ0) is 35.9. The molecule has 5 rings (SSSR count). The van der Waals surface area contributed by atoms with Gasteiger partial charge in [0.2, 0.25) is 11.8 Å². The molecule has 4 N–H and O–H groups in total. The minimum atomic E-state index is -1.03. The van der Waals surface area contributed by atoms with Gasteiger partial charge in [0.05, 0.1) is 24.1 Å². The van der Waals surface area contributed by atoms with E-state index in [1.807, 2.05) is 84.9 Å². The minimum Gasteiger partial charge on any atom is -0.489 e. The highest BCUT2D eigenvalue weighted by molar-refractivity contribution is 5.86. The van der Waals surface area contributed by atoms with Gasteiger partial charge in [-0.3, -0.25) is 9.59 Å². The first-order chi connectivity index (χ1) is 24.8. The fraction of sp³-hybridized carbons (Fsp3) is 0.400. The van der Waals surface area contributed by atoms with Gasteiger partial charge in [-0.25, -0.2) is 9.59 Å². The Morgan fingerprint density at radius 2 is 1.49 bits per heavy atom. The van der Waals surface area contributed by atoms with Crippen LogP contribution < -0.4 is 20.7 Å². The van der Waals surface area contributed by atoms with Gasteiger partial charge in [0.15, 0.2) is 0 Å². The molecule has 270 valence electrons. The number of amides is 3. The van der Waals surface area contributed by atoms with Crippen LogP contribution in [0.4, 0.5) is 4.79 Å². The van der Waals surface area contributed by atoms with Crippen molar-refractivity contribution in [1.82, 2.24) is 16.0 Å². The monoisotopic (exact) mass is 697 g/mol. The molecule has 1 saturated carbocycles. The summed E-state index contributed by atoms with van der Waals surface area (Å²) in [5, 5.41) is 18.6. The summed E-state index contributed by atoms with van der Waals surface area (Å²) in [5.41, 5.74) is 2.06. The summed E-state index contributed by atoms with van der Waals surface area (Å²) >= 11 is 0. The third-order valence-electron chi connectivity index (χ3n) is 9.25. The molecule has 1 aliphatic carbocycles.